The van der Waals surface area contributed by atoms with Crippen molar-refractivity contribution in [2.45, 2.75) is 31.8 Å². The van der Waals surface area contributed by atoms with E-state index in [0.717, 1.165) is 12.2 Å². The zero-order valence-corrected chi connectivity index (χ0v) is 12.2. The number of hydrogen-bond acceptors (Lipinski definition) is 4. The average molecular weight is 290 g/mol. The van der Waals surface area contributed by atoms with Crippen LogP contribution in [-0.4, -0.2) is 65.9 Å². The van der Waals surface area contributed by atoms with Crippen molar-refractivity contribution in [3.63, 3.8) is 0 Å². The number of amides is 2. The summed E-state index contributed by atoms with van der Waals surface area (Å²) in [5.74, 6) is 0.681. The van der Waals surface area contributed by atoms with Gasteiger partial charge in [0, 0.05) is 37.8 Å². The molecule has 110 valence electrons. The Bertz CT molecular complexity index is 314. The lowest BCUT2D eigenvalue weighted by Gasteiger charge is -2.35. The van der Waals surface area contributed by atoms with Gasteiger partial charge in [0.15, 0.2) is 0 Å². The zero-order valence-electron chi connectivity index (χ0n) is 11.4. The van der Waals surface area contributed by atoms with Crippen molar-refractivity contribution in [2.75, 3.05) is 31.8 Å². The molecule has 1 heterocycles. The van der Waals surface area contributed by atoms with Crippen LogP contribution in [0.1, 0.15) is 19.8 Å². The average Bonchev–Trinajstić information content (AvgIpc) is 2.36. The highest BCUT2D eigenvalue weighted by Gasteiger charge is 2.29. The minimum absolute atomic E-state index is 0.00682. The lowest BCUT2D eigenvalue weighted by molar-refractivity contribution is -0.137. The third-order valence-corrected chi connectivity index (χ3v) is 4.12. The number of carbonyl (C=O) groups is 2. The van der Waals surface area contributed by atoms with Gasteiger partial charge in [-0.3, -0.25) is 4.79 Å². The molecule has 0 aromatic carbocycles. The molecule has 0 spiro atoms. The lowest BCUT2D eigenvalue weighted by atomic mass is 10.2. The van der Waals surface area contributed by atoms with Crippen LogP contribution in [0.25, 0.3) is 0 Å². The third kappa shape index (κ3) is 5.69. The minimum atomic E-state index is -0.863. The number of carboxylic acids is 1. The molecule has 1 saturated heterocycles. The topological polar surface area (TPSA) is 78.9 Å². The fraction of sp³-hybridized carbons (Fsp3) is 0.833. The van der Waals surface area contributed by atoms with E-state index in [-0.39, 0.29) is 24.5 Å². The Hall–Kier alpha value is -0.950. The van der Waals surface area contributed by atoms with Gasteiger partial charge < -0.3 is 20.1 Å². The predicted molar refractivity (Wildman–Crippen MR) is 74.6 cm³/mol. The molecular formula is C12H22N2O4S. The van der Waals surface area contributed by atoms with Crippen molar-refractivity contribution in [3.8, 4) is 0 Å². The molecule has 1 rings (SSSR count). The van der Waals surface area contributed by atoms with E-state index in [1.807, 2.05) is 6.92 Å². The van der Waals surface area contributed by atoms with Crippen molar-refractivity contribution in [2.24, 2.45) is 0 Å². The number of hydrogen-bond donors (Lipinski definition) is 2. The van der Waals surface area contributed by atoms with Crippen LogP contribution >= 0.6 is 11.8 Å². The Morgan fingerprint density at radius 1 is 1.58 bits per heavy atom. The van der Waals surface area contributed by atoms with E-state index < -0.39 is 5.97 Å². The van der Waals surface area contributed by atoms with Crippen LogP contribution in [0.4, 0.5) is 4.79 Å². The van der Waals surface area contributed by atoms with Crippen molar-refractivity contribution < 1.29 is 19.4 Å². The van der Waals surface area contributed by atoms with E-state index in [4.69, 9.17) is 9.84 Å². The SMILES string of the molecule is COCCC(C)NC(=O)N1CCSCC1CC(=O)O. The smallest absolute Gasteiger partial charge is 0.317 e. The van der Waals surface area contributed by atoms with Gasteiger partial charge in [0.1, 0.15) is 0 Å². The van der Waals surface area contributed by atoms with Crippen LogP contribution in [-0.2, 0) is 9.53 Å². The Kier molecular flexibility index (Phi) is 7.01. The van der Waals surface area contributed by atoms with Crippen molar-refractivity contribution in [1.82, 2.24) is 10.2 Å². The van der Waals surface area contributed by atoms with Gasteiger partial charge >= 0.3 is 12.0 Å². The predicted octanol–water partition coefficient (Wildman–Crippen LogP) is 1.01. The maximum Gasteiger partial charge on any atom is 0.317 e. The maximum atomic E-state index is 12.1. The van der Waals surface area contributed by atoms with Crippen molar-refractivity contribution in [3.05, 3.63) is 0 Å². The first kappa shape index (κ1) is 16.1. The van der Waals surface area contributed by atoms with Gasteiger partial charge in [-0.2, -0.15) is 11.8 Å². The minimum Gasteiger partial charge on any atom is -0.481 e. The summed E-state index contributed by atoms with van der Waals surface area (Å²) in [5, 5.41) is 11.8. The van der Waals surface area contributed by atoms with Gasteiger partial charge in [-0.1, -0.05) is 0 Å². The maximum absolute atomic E-state index is 12.1. The van der Waals surface area contributed by atoms with Gasteiger partial charge in [-0.15, -0.1) is 0 Å². The first-order chi connectivity index (χ1) is 9.04. The number of rotatable bonds is 6. The molecule has 19 heavy (non-hydrogen) atoms. The number of thioether (sulfide) groups is 1. The number of methoxy groups -OCH3 is 1. The largest absolute Gasteiger partial charge is 0.481 e. The highest BCUT2D eigenvalue weighted by atomic mass is 32.2. The number of urea groups is 1. The number of aliphatic carboxylic acids is 1. The second-order valence-electron chi connectivity index (χ2n) is 4.65. The Balaban J connectivity index is 2.49. The number of nitrogens with one attached hydrogen (secondary N) is 1. The summed E-state index contributed by atoms with van der Waals surface area (Å²) in [6.07, 6.45) is 0.751. The summed E-state index contributed by atoms with van der Waals surface area (Å²) >= 11 is 1.69. The summed E-state index contributed by atoms with van der Waals surface area (Å²) in [7, 11) is 1.62. The molecule has 2 unspecified atom stereocenters. The first-order valence-corrected chi connectivity index (χ1v) is 7.55. The van der Waals surface area contributed by atoms with Crippen LogP contribution in [0.2, 0.25) is 0 Å². The van der Waals surface area contributed by atoms with Gasteiger partial charge in [0.05, 0.1) is 12.5 Å². The molecule has 2 amide bonds. The summed E-state index contributed by atoms with van der Waals surface area (Å²) in [6.45, 7) is 3.11. The molecule has 6 nitrogen and oxygen atoms in total. The third-order valence-electron chi connectivity index (χ3n) is 3.02. The first-order valence-electron chi connectivity index (χ1n) is 6.40. The monoisotopic (exact) mass is 290 g/mol. The van der Waals surface area contributed by atoms with E-state index in [1.54, 1.807) is 23.8 Å². The summed E-state index contributed by atoms with van der Waals surface area (Å²) in [6, 6.07) is -0.367. The molecule has 1 fully saturated rings. The van der Waals surface area contributed by atoms with Crippen LogP contribution in [0.5, 0.6) is 0 Å². The normalized spacial score (nSPS) is 20.9. The number of carbonyl (C=O) groups excluding carboxylic acids is 1. The fourth-order valence-electron chi connectivity index (χ4n) is 1.95. The second kappa shape index (κ2) is 8.27. The quantitative estimate of drug-likeness (QED) is 0.763. The Morgan fingerprint density at radius 3 is 2.95 bits per heavy atom. The summed E-state index contributed by atoms with van der Waals surface area (Å²) in [5.41, 5.74) is 0. The van der Waals surface area contributed by atoms with E-state index in [9.17, 15) is 9.59 Å². The standard InChI is InChI=1S/C12H22N2O4S/c1-9(3-5-18-2)13-12(17)14-4-6-19-8-10(14)7-11(15)16/h9-10H,3-8H2,1-2H3,(H,13,17)(H,15,16). The van der Waals surface area contributed by atoms with Crippen LogP contribution in [0, 0.1) is 0 Å². The van der Waals surface area contributed by atoms with Gasteiger partial charge in [0.25, 0.3) is 0 Å². The lowest BCUT2D eigenvalue weighted by Crippen LogP contribution is -2.53. The van der Waals surface area contributed by atoms with Crippen molar-refractivity contribution in [1.29, 1.82) is 0 Å². The zero-order chi connectivity index (χ0) is 14.3. The molecule has 0 aliphatic carbocycles. The molecule has 2 N–H and O–H groups in total. The molecule has 1 aliphatic rings. The second-order valence-corrected chi connectivity index (χ2v) is 5.80. The summed E-state index contributed by atoms with van der Waals surface area (Å²) < 4.78 is 4.97. The van der Waals surface area contributed by atoms with Crippen molar-refractivity contribution >= 4 is 23.8 Å². The highest BCUT2D eigenvalue weighted by molar-refractivity contribution is 7.99. The highest BCUT2D eigenvalue weighted by Crippen LogP contribution is 2.19. The Morgan fingerprint density at radius 2 is 2.32 bits per heavy atom. The van der Waals surface area contributed by atoms with Gasteiger partial charge in [0.2, 0.25) is 0 Å². The molecule has 0 radical (unpaired) electrons. The molecule has 7 heteroatoms. The molecule has 0 saturated carbocycles. The van der Waals surface area contributed by atoms with Gasteiger partial charge in [-0.25, -0.2) is 4.79 Å². The number of nitrogens with zero attached hydrogens (tertiary/aromatic N) is 1. The molecule has 0 aromatic rings. The molecule has 0 aromatic heterocycles. The van der Waals surface area contributed by atoms with Crippen LogP contribution in [0.15, 0.2) is 0 Å². The van der Waals surface area contributed by atoms with Crippen LogP contribution < -0.4 is 5.32 Å². The Labute approximate surface area is 117 Å². The van der Waals surface area contributed by atoms with E-state index in [1.165, 1.54) is 0 Å². The summed E-state index contributed by atoms with van der Waals surface area (Å²) in [4.78, 5) is 24.6. The molecule has 1 aliphatic heterocycles. The molecular weight excluding hydrogens is 268 g/mol. The molecule has 2 atom stereocenters. The number of ether oxygens (including phenoxy) is 1. The van der Waals surface area contributed by atoms with E-state index >= 15 is 0 Å². The van der Waals surface area contributed by atoms with Gasteiger partial charge in [-0.05, 0) is 13.3 Å². The van der Waals surface area contributed by atoms with E-state index in [0.29, 0.717) is 18.9 Å². The molecule has 0 bridgehead atoms. The van der Waals surface area contributed by atoms with E-state index in [2.05, 4.69) is 5.32 Å². The van der Waals surface area contributed by atoms with Crippen LogP contribution in [0.3, 0.4) is 0 Å². The fourth-order valence-corrected chi connectivity index (χ4v) is 3.02. The number of carboxylic acid groups (broad SMARTS) is 1.